The Hall–Kier alpha value is -3.16. The van der Waals surface area contributed by atoms with E-state index in [9.17, 15) is 13.6 Å². The van der Waals surface area contributed by atoms with Gasteiger partial charge in [0.05, 0.1) is 23.8 Å². The zero-order valence-corrected chi connectivity index (χ0v) is 13.8. The van der Waals surface area contributed by atoms with E-state index in [1.54, 1.807) is 4.57 Å². The summed E-state index contributed by atoms with van der Waals surface area (Å²) in [6.45, 7) is 5.66. The number of nitrogens with zero attached hydrogens (tertiary/aromatic N) is 4. The third-order valence-corrected chi connectivity index (χ3v) is 3.79. The van der Waals surface area contributed by atoms with Gasteiger partial charge in [0.1, 0.15) is 5.82 Å². The number of rotatable bonds is 3. The van der Waals surface area contributed by atoms with Crippen LogP contribution >= 0.6 is 0 Å². The number of halogens is 2. The Bertz CT molecular complexity index is 950. The van der Waals surface area contributed by atoms with E-state index in [1.807, 2.05) is 20.8 Å². The van der Waals surface area contributed by atoms with E-state index in [-0.39, 0.29) is 5.56 Å². The molecule has 128 valence electrons. The first kappa shape index (κ1) is 16.7. The highest BCUT2D eigenvalue weighted by Gasteiger charge is 2.13. The Balaban J connectivity index is 1.81. The second-order valence-corrected chi connectivity index (χ2v) is 5.52. The number of anilines is 1. The number of benzene rings is 1. The molecule has 1 N–H and O–H groups in total. The average Bonchev–Trinajstić information content (AvgIpc) is 2.83. The molecule has 0 fully saturated rings. The molecule has 0 aliphatic carbocycles. The predicted molar refractivity (Wildman–Crippen MR) is 87.7 cm³/mol. The predicted octanol–water partition coefficient (Wildman–Crippen LogP) is 3.12. The van der Waals surface area contributed by atoms with Gasteiger partial charge >= 0.3 is 0 Å². The van der Waals surface area contributed by atoms with Crippen molar-refractivity contribution in [2.75, 3.05) is 5.32 Å². The number of amides is 1. The fourth-order valence-electron chi connectivity index (χ4n) is 2.41. The van der Waals surface area contributed by atoms with Crippen LogP contribution in [0.25, 0.3) is 5.95 Å². The van der Waals surface area contributed by atoms with Gasteiger partial charge in [0.2, 0.25) is 5.95 Å². The highest BCUT2D eigenvalue weighted by molar-refractivity contribution is 6.04. The van der Waals surface area contributed by atoms with Gasteiger partial charge < -0.3 is 5.32 Å². The molecular formula is C17H15F2N5O. The maximum atomic E-state index is 13.2. The van der Waals surface area contributed by atoms with Crippen LogP contribution in [0.15, 0.2) is 30.6 Å². The SMILES string of the molecule is Cc1nc(C)n(-c2ncc(NC(=O)c3ccc(F)c(F)c3)cn2)c1C. The standard InChI is InChI=1S/C17H15F2N5O/c1-9-10(2)24(11(3)22-9)17-20-7-13(8-21-17)23-16(25)12-4-5-14(18)15(19)6-12/h4-8H,1-3H3,(H,23,25). The van der Waals surface area contributed by atoms with Crippen molar-refractivity contribution >= 4 is 11.6 Å². The molecule has 1 amide bonds. The normalized spacial score (nSPS) is 10.8. The van der Waals surface area contributed by atoms with Crippen molar-refractivity contribution in [3.05, 3.63) is 65.0 Å². The summed E-state index contributed by atoms with van der Waals surface area (Å²) in [5, 5.41) is 2.54. The van der Waals surface area contributed by atoms with Crippen LogP contribution in [0.4, 0.5) is 14.5 Å². The lowest BCUT2D eigenvalue weighted by Gasteiger charge is -2.08. The van der Waals surface area contributed by atoms with E-state index in [1.165, 1.54) is 18.5 Å². The summed E-state index contributed by atoms with van der Waals surface area (Å²) >= 11 is 0. The molecule has 0 atom stereocenters. The van der Waals surface area contributed by atoms with Crippen LogP contribution < -0.4 is 5.32 Å². The van der Waals surface area contributed by atoms with Crippen molar-refractivity contribution in [1.82, 2.24) is 19.5 Å². The van der Waals surface area contributed by atoms with E-state index >= 15 is 0 Å². The molecule has 2 aromatic heterocycles. The Morgan fingerprint density at radius 3 is 2.32 bits per heavy atom. The van der Waals surface area contributed by atoms with Gasteiger partial charge in [-0.3, -0.25) is 9.36 Å². The van der Waals surface area contributed by atoms with Gasteiger partial charge in [0, 0.05) is 11.3 Å². The summed E-state index contributed by atoms with van der Waals surface area (Å²) in [5.41, 5.74) is 2.15. The quantitative estimate of drug-likeness (QED) is 0.793. The summed E-state index contributed by atoms with van der Waals surface area (Å²) in [6, 6.07) is 2.93. The molecule has 0 saturated carbocycles. The summed E-state index contributed by atoms with van der Waals surface area (Å²) < 4.78 is 27.9. The molecule has 8 heteroatoms. The van der Waals surface area contributed by atoms with E-state index in [2.05, 4.69) is 20.3 Å². The minimum atomic E-state index is -1.08. The Morgan fingerprint density at radius 2 is 1.76 bits per heavy atom. The number of aryl methyl sites for hydroxylation is 2. The van der Waals surface area contributed by atoms with E-state index < -0.39 is 17.5 Å². The van der Waals surface area contributed by atoms with E-state index in [4.69, 9.17) is 0 Å². The highest BCUT2D eigenvalue weighted by atomic mass is 19.2. The minimum absolute atomic E-state index is 0.0000928. The van der Waals surface area contributed by atoms with Crippen LogP contribution in [0.5, 0.6) is 0 Å². The molecule has 1 aromatic carbocycles. The number of hydrogen-bond acceptors (Lipinski definition) is 4. The third kappa shape index (κ3) is 3.23. The van der Waals surface area contributed by atoms with Gasteiger partial charge in [-0.2, -0.15) is 0 Å². The second kappa shape index (κ2) is 6.39. The number of carbonyl (C=O) groups is 1. The van der Waals surface area contributed by atoms with Gasteiger partial charge in [-0.1, -0.05) is 0 Å². The Kier molecular flexibility index (Phi) is 4.26. The molecule has 0 aliphatic heterocycles. The second-order valence-electron chi connectivity index (χ2n) is 5.52. The Labute approximate surface area is 142 Å². The summed E-state index contributed by atoms with van der Waals surface area (Å²) in [6.07, 6.45) is 2.88. The molecule has 2 heterocycles. The molecule has 3 aromatic rings. The molecule has 3 rings (SSSR count). The molecule has 6 nitrogen and oxygen atoms in total. The molecule has 0 saturated heterocycles. The number of aromatic nitrogens is 4. The molecular weight excluding hydrogens is 328 g/mol. The monoisotopic (exact) mass is 343 g/mol. The molecule has 0 unspecified atom stereocenters. The maximum Gasteiger partial charge on any atom is 0.255 e. The molecule has 0 spiro atoms. The van der Waals surface area contributed by atoms with Gasteiger partial charge in [-0.15, -0.1) is 0 Å². The van der Waals surface area contributed by atoms with Crippen LogP contribution in [0, 0.1) is 32.4 Å². The van der Waals surface area contributed by atoms with Crippen LogP contribution in [0.1, 0.15) is 27.6 Å². The molecule has 0 bridgehead atoms. The zero-order valence-electron chi connectivity index (χ0n) is 13.8. The van der Waals surface area contributed by atoms with Gasteiger partial charge in [-0.05, 0) is 39.0 Å². The van der Waals surface area contributed by atoms with Crippen molar-refractivity contribution in [2.45, 2.75) is 20.8 Å². The summed E-state index contributed by atoms with van der Waals surface area (Å²) in [4.78, 5) is 24.9. The van der Waals surface area contributed by atoms with Gasteiger partial charge in [-0.25, -0.2) is 23.7 Å². The number of imidazole rings is 1. The highest BCUT2D eigenvalue weighted by Crippen LogP contribution is 2.16. The smallest absolute Gasteiger partial charge is 0.255 e. The van der Waals surface area contributed by atoms with E-state index in [0.717, 1.165) is 29.3 Å². The minimum Gasteiger partial charge on any atom is -0.319 e. The fraction of sp³-hybridized carbons (Fsp3) is 0.176. The lowest BCUT2D eigenvalue weighted by atomic mass is 10.2. The topological polar surface area (TPSA) is 72.7 Å². The number of carbonyl (C=O) groups excluding carboxylic acids is 1. The van der Waals surface area contributed by atoms with Crippen molar-refractivity contribution < 1.29 is 13.6 Å². The van der Waals surface area contributed by atoms with Crippen LogP contribution in [0.3, 0.4) is 0 Å². The summed E-state index contributed by atoms with van der Waals surface area (Å²) in [7, 11) is 0. The maximum absolute atomic E-state index is 13.2. The van der Waals surface area contributed by atoms with Gasteiger partial charge in [0.15, 0.2) is 11.6 Å². The average molecular weight is 343 g/mol. The van der Waals surface area contributed by atoms with Gasteiger partial charge in [0.25, 0.3) is 5.91 Å². The summed E-state index contributed by atoms with van der Waals surface area (Å²) in [5.74, 6) is -1.48. The van der Waals surface area contributed by atoms with Crippen LogP contribution in [-0.4, -0.2) is 25.4 Å². The molecule has 0 aliphatic rings. The fourth-order valence-corrected chi connectivity index (χ4v) is 2.41. The lowest BCUT2D eigenvalue weighted by molar-refractivity contribution is 0.102. The number of nitrogens with one attached hydrogen (secondary N) is 1. The molecule has 25 heavy (non-hydrogen) atoms. The first-order chi connectivity index (χ1) is 11.9. The number of hydrogen-bond donors (Lipinski definition) is 1. The lowest BCUT2D eigenvalue weighted by Crippen LogP contribution is -2.13. The molecule has 0 radical (unpaired) electrons. The van der Waals surface area contributed by atoms with Crippen molar-refractivity contribution in [3.8, 4) is 5.95 Å². The largest absolute Gasteiger partial charge is 0.319 e. The van der Waals surface area contributed by atoms with Crippen LogP contribution in [-0.2, 0) is 0 Å². The Morgan fingerprint density at radius 1 is 1.08 bits per heavy atom. The first-order valence-electron chi connectivity index (χ1n) is 7.48. The van der Waals surface area contributed by atoms with Crippen molar-refractivity contribution in [3.63, 3.8) is 0 Å². The zero-order chi connectivity index (χ0) is 18.1. The third-order valence-electron chi connectivity index (χ3n) is 3.79. The first-order valence-corrected chi connectivity index (χ1v) is 7.48. The van der Waals surface area contributed by atoms with E-state index in [0.29, 0.717) is 11.6 Å². The van der Waals surface area contributed by atoms with Crippen LogP contribution in [0.2, 0.25) is 0 Å². The van der Waals surface area contributed by atoms with Crippen molar-refractivity contribution in [2.24, 2.45) is 0 Å². The van der Waals surface area contributed by atoms with Crippen molar-refractivity contribution in [1.29, 1.82) is 0 Å².